The summed E-state index contributed by atoms with van der Waals surface area (Å²) < 4.78 is 0. The second kappa shape index (κ2) is 18.5. The third-order valence-electron chi connectivity index (χ3n) is 5.49. The highest BCUT2D eigenvalue weighted by atomic mass is 16.3. The monoisotopic (exact) mass is 375 g/mol. The van der Waals surface area contributed by atoms with E-state index in [1.807, 2.05) is 0 Å². The Balaban J connectivity index is 1.90. The van der Waals surface area contributed by atoms with Crippen LogP contribution in [0, 0.1) is 0 Å². The molecule has 0 aliphatic heterocycles. The number of hydrogen-bond acceptors (Lipinski definition) is 2. The fraction of sp³-hybridized carbons (Fsp3) is 0.760. The van der Waals surface area contributed by atoms with Crippen LogP contribution in [0.15, 0.2) is 30.3 Å². The predicted molar refractivity (Wildman–Crippen MR) is 119 cm³/mol. The van der Waals surface area contributed by atoms with Crippen molar-refractivity contribution in [3.05, 3.63) is 35.9 Å². The van der Waals surface area contributed by atoms with E-state index in [4.69, 9.17) is 0 Å². The number of aliphatic hydroxyl groups excluding tert-OH is 1. The van der Waals surface area contributed by atoms with Crippen LogP contribution in [0.5, 0.6) is 0 Å². The number of benzene rings is 1. The minimum absolute atomic E-state index is 0.255. The Morgan fingerprint density at radius 3 is 1.59 bits per heavy atom. The summed E-state index contributed by atoms with van der Waals surface area (Å²) >= 11 is 0. The van der Waals surface area contributed by atoms with Gasteiger partial charge >= 0.3 is 0 Å². The van der Waals surface area contributed by atoms with E-state index in [1.165, 1.54) is 95.5 Å². The van der Waals surface area contributed by atoms with Crippen LogP contribution in [-0.2, 0) is 6.54 Å². The van der Waals surface area contributed by atoms with Gasteiger partial charge in [0.15, 0.2) is 0 Å². The first kappa shape index (κ1) is 24.2. The van der Waals surface area contributed by atoms with Gasteiger partial charge in [0.2, 0.25) is 0 Å². The first-order valence-electron chi connectivity index (χ1n) is 11.7. The highest BCUT2D eigenvalue weighted by molar-refractivity contribution is 5.14. The van der Waals surface area contributed by atoms with Gasteiger partial charge < -0.3 is 5.11 Å². The lowest BCUT2D eigenvalue weighted by Crippen LogP contribution is -2.27. The summed E-state index contributed by atoms with van der Waals surface area (Å²) in [6, 6.07) is 10.6. The summed E-state index contributed by atoms with van der Waals surface area (Å²) in [7, 11) is 0. The number of unbranched alkanes of at least 4 members (excludes halogenated alkanes) is 13. The lowest BCUT2D eigenvalue weighted by atomic mass is 10.0. The van der Waals surface area contributed by atoms with Gasteiger partial charge in [-0.1, -0.05) is 121 Å². The molecule has 0 saturated heterocycles. The van der Waals surface area contributed by atoms with Gasteiger partial charge in [0.05, 0.1) is 6.61 Å². The molecular weight excluding hydrogens is 330 g/mol. The van der Waals surface area contributed by atoms with E-state index in [0.717, 1.165) is 19.6 Å². The van der Waals surface area contributed by atoms with Crippen molar-refractivity contribution in [1.29, 1.82) is 0 Å². The minimum atomic E-state index is 0.255. The molecule has 0 atom stereocenters. The van der Waals surface area contributed by atoms with E-state index in [2.05, 4.69) is 42.2 Å². The van der Waals surface area contributed by atoms with Crippen LogP contribution >= 0.6 is 0 Å². The molecule has 1 N–H and O–H groups in total. The van der Waals surface area contributed by atoms with E-state index < -0.39 is 0 Å². The molecule has 0 aliphatic rings. The largest absolute Gasteiger partial charge is 0.395 e. The molecule has 0 fully saturated rings. The van der Waals surface area contributed by atoms with Crippen molar-refractivity contribution >= 4 is 0 Å². The van der Waals surface area contributed by atoms with Crippen molar-refractivity contribution in [2.24, 2.45) is 0 Å². The van der Waals surface area contributed by atoms with Gasteiger partial charge in [-0.25, -0.2) is 0 Å². The molecule has 0 spiro atoms. The maximum absolute atomic E-state index is 9.29. The molecule has 156 valence electrons. The molecule has 0 amide bonds. The molecule has 1 rings (SSSR count). The molecule has 0 aromatic heterocycles. The molecule has 1 aromatic carbocycles. The van der Waals surface area contributed by atoms with E-state index >= 15 is 0 Å². The molecule has 0 unspecified atom stereocenters. The first-order chi connectivity index (χ1) is 13.4. The smallest absolute Gasteiger partial charge is 0.0558 e. The minimum Gasteiger partial charge on any atom is -0.395 e. The van der Waals surface area contributed by atoms with E-state index in [9.17, 15) is 5.11 Å². The summed E-state index contributed by atoms with van der Waals surface area (Å²) in [5.74, 6) is 0. The van der Waals surface area contributed by atoms with Crippen LogP contribution in [0.1, 0.15) is 102 Å². The van der Waals surface area contributed by atoms with Crippen molar-refractivity contribution < 1.29 is 5.11 Å². The Morgan fingerprint density at radius 2 is 1.11 bits per heavy atom. The van der Waals surface area contributed by atoms with Crippen LogP contribution in [0.3, 0.4) is 0 Å². The normalized spacial score (nSPS) is 11.4. The Hall–Kier alpha value is -0.860. The average molecular weight is 376 g/mol. The van der Waals surface area contributed by atoms with Crippen molar-refractivity contribution in [2.45, 2.75) is 103 Å². The Kier molecular flexibility index (Phi) is 16.6. The molecule has 2 heteroatoms. The van der Waals surface area contributed by atoms with Gasteiger partial charge in [-0.2, -0.15) is 0 Å². The SMILES string of the molecule is CCCCCCCCCCCCCCCCN(CCO)Cc1ccccc1. The van der Waals surface area contributed by atoms with Gasteiger partial charge in [0.1, 0.15) is 0 Å². The quantitative estimate of drug-likeness (QED) is 0.264. The standard InChI is InChI=1S/C25H45NO/c1-2-3-4-5-6-7-8-9-10-11-12-13-14-18-21-26(22-23-27)24-25-19-16-15-17-20-25/h15-17,19-20,27H,2-14,18,21-24H2,1H3. The maximum Gasteiger partial charge on any atom is 0.0558 e. The third kappa shape index (κ3) is 14.8. The summed E-state index contributed by atoms with van der Waals surface area (Å²) in [6.45, 7) is 5.39. The number of rotatable bonds is 19. The molecule has 2 nitrogen and oxygen atoms in total. The Morgan fingerprint density at radius 1 is 0.630 bits per heavy atom. The zero-order valence-corrected chi connectivity index (χ0v) is 18.0. The lowest BCUT2D eigenvalue weighted by molar-refractivity contribution is 0.187. The second-order valence-corrected chi connectivity index (χ2v) is 8.08. The summed E-state index contributed by atoms with van der Waals surface area (Å²) in [4.78, 5) is 2.38. The second-order valence-electron chi connectivity index (χ2n) is 8.08. The van der Waals surface area contributed by atoms with Crippen LogP contribution in [-0.4, -0.2) is 29.7 Å². The zero-order chi connectivity index (χ0) is 19.4. The summed E-state index contributed by atoms with van der Waals surface area (Å²) in [6.07, 6.45) is 19.7. The number of aliphatic hydroxyl groups is 1. The van der Waals surface area contributed by atoms with Crippen LogP contribution < -0.4 is 0 Å². The van der Waals surface area contributed by atoms with Crippen molar-refractivity contribution in [3.8, 4) is 0 Å². The van der Waals surface area contributed by atoms with Crippen LogP contribution in [0.25, 0.3) is 0 Å². The Bertz CT molecular complexity index is 406. The number of hydrogen-bond donors (Lipinski definition) is 1. The van der Waals surface area contributed by atoms with E-state index in [-0.39, 0.29) is 6.61 Å². The summed E-state index contributed by atoms with van der Waals surface area (Å²) in [5, 5.41) is 9.29. The molecule has 0 bridgehead atoms. The van der Waals surface area contributed by atoms with Gasteiger partial charge in [-0.15, -0.1) is 0 Å². The topological polar surface area (TPSA) is 23.5 Å². The van der Waals surface area contributed by atoms with E-state index in [0.29, 0.717) is 0 Å². The van der Waals surface area contributed by atoms with Gasteiger partial charge in [-0.3, -0.25) is 4.90 Å². The molecule has 0 saturated carbocycles. The average Bonchev–Trinajstić information content (AvgIpc) is 2.69. The molecule has 0 radical (unpaired) electrons. The Labute approximate surface area is 169 Å². The lowest BCUT2D eigenvalue weighted by Gasteiger charge is -2.21. The van der Waals surface area contributed by atoms with Gasteiger partial charge in [0.25, 0.3) is 0 Å². The first-order valence-corrected chi connectivity index (χ1v) is 11.7. The van der Waals surface area contributed by atoms with Crippen molar-refractivity contribution in [3.63, 3.8) is 0 Å². The van der Waals surface area contributed by atoms with Gasteiger partial charge in [-0.05, 0) is 18.5 Å². The fourth-order valence-electron chi connectivity index (χ4n) is 3.78. The fourth-order valence-corrected chi connectivity index (χ4v) is 3.78. The van der Waals surface area contributed by atoms with Gasteiger partial charge in [0, 0.05) is 13.1 Å². The molecule has 0 aliphatic carbocycles. The molecule has 27 heavy (non-hydrogen) atoms. The van der Waals surface area contributed by atoms with Crippen molar-refractivity contribution in [1.82, 2.24) is 4.90 Å². The zero-order valence-electron chi connectivity index (χ0n) is 18.0. The number of nitrogens with zero attached hydrogens (tertiary/aromatic N) is 1. The third-order valence-corrected chi connectivity index (χ3v) is 5.49. The van der Waals surface area contributed by atoms with Crippen LogP contribution in [0.2, 0.25) is 0 Å². The molecule has 1 aromatic rings. The highest BCUT2D eigenvalue weighted by Gasteiger charge is 2.05. The van der Waals surface area contributed by atoms with E-state index in [1.54, 1.807) is 0 Å². The van der Waals surface area contributed by atoms with Crippen LogP contribution in [0.4, 0.5) is 0 Å². The molecule has 0 heterocycles. The maximum atomic E-state index is 9.29. The summed E-state index contributed by atoms with van der Waals surface area (Å²) in [5.41, 5.74) is 1.34. The highest BCUT2D eigenvalue weighted by Crippen LogP contribution is 2.13. The molecular formula is C25H45NO. The van der Waals surface area contributed by atoms with Crippen molar-refractivity contribution in [2.75, 3.05) is 19.7 Å². The predicted octanol–water partition coefficient (Wildman–Crippen LogP) is 6.96.